The molecular formula is C18H18FNO5S. The Hall–Kier alpha value is -2.45. The molecule has 1 aliphatic heterocycles. The molecule has 1 amide bonds. The molecular weight excluding hydrogens is 361 g/mol. The number of nitrogens with one attached hydrogen (secondary N) is 1. The lowest BCUT2D eigenvalue weighted by molar-refractivity contribution is 0.0679. The van der Waals surface area contributed by atoms with Crippen molar-refractivity contribution in [1.82, 2.24) is 4.72 Å². The third-order valence-corrected chi connectivity index (χ3v) is 5.27. The van der Waals surface area contributed by atoms with E-state index in [0.29, 0.717) is 12.4 Å². The first-order valence-electron chi connectivity index (χ1n) is 8.11. The van der Waals surface area contributed by atoms with Gasteiger partial charge in [-0.25, -0.2) is 17.5 Å². The van der Waals surface area contributed by atoms with Crippen LogP contribution in [0.25, 0.3) is 0 Å². The van der Waals surface area contributed by atoms with Crippen LogP contribution in [0, 0.1) is 5.82 Å². The number of sulfonamides is 1. The van der Waals surface area contributed by atoms with Crippen LogP contribution in [0.1, 0.15) is 23.2 Å². The maximum atomic E-state index is 12.9. The monoisotopic (exact) mass is 379 g/mol. The van der Waals surface area contributed by atoms with Crippen LogP contribution < -0.4 is 9.46 Å². The van der Waals surface area contributed by atoms with E-state index in [2.05, 4.69) is 0 Å². The van der Waals surface area contributed by atoms with Crippen LogP contribution in [0.5, 0.6) is 5.75 Å². The van der Waals surface area contributed by atoms with E-state index in [4.69, 9.17) is 9.47 Å². The molecule has 0 aromatic heterocycles. The molecule has 0 spiro atoms. The van der Waals surface area contributed by atoms with Crippen molar-refractivity contribution in [3.63, 3.8) is 0 Å². The van der Waals surface area contributed by atoms with Crippen LogP contribution in [0.4, 0.5) is 4.39 Å². The minimum atomic E-state index is -4.07. The Morgan fingerprint density at radius 2 is 1.85 bits per heavy atom. The zero-order valence-electron chi connectivity index (χ0n) is 13.9. The summed E-state index contributed by atoms with van der Waals surface area (Å²) < 4.78 is 50.2. The molecule has 0 radical (unpaired) electrons. The van der Waals surface area contributed by atoms with Crippen molar-refractivity contribution < 1.29 is 27.1 Å². The number of carbonyl (C=O) groups excluding carboxylic acids is 1. The molecule has 2 aromatic carbocycles. The molecule has 0 bridgehead atoms. The molecule has 1 N–H and O–H groups in total. The van der Waals surface area contributed by atoms with Crippen molar-refractivity contribution in [2.24, 2.45) is 0 Å². The minimum absolute atomic E-state index is 0.0822. The zero-order chi connectivity index (χ0) is 18.6. The number of halogens is 1. The molecule has 138 valence electrons. The van der Waals surface area contributed by atoms with Crippen LogP contribution in [0.3, 0.4) is 0 Å². The molecule has 1 fully saturated rings. The third kappa shape index (κ3) is 4.59. The second-order valence-corrected chi connectivity index (χ2v) is 7.54. The predicted molar refractivity (Wildman–Crippen MR) is 92.0 cm³/mol. The van der Waals surface area contributed by atoms with E-state index in [1.807, 2.05) is 4.72 Å². The molecule has 2 aromatic rings. The fourth-order valence-electron chi connectivity index (χ4n) is 2.52. The molecule has 0 aliphatic carbocycles. The highest BCUT2D eigenvalue weighted by Gasteiger charge is 2.19. The molecule has 1 heterocycles. The Kier molecular flexibility index (Phi) is 5.53. The van der Waals surface area contributed by atoms with Crippen LogP contribution >= 0.6 is 0 Å². The standard InChI is InChI=1S/C18H18FNO5S/c19-14-5-9-17(10-6-14)26(22,23)20-18(21)13-3-7-15(8-4-13)25-12-16-2-1-11-24-16/h3-10,16H,1-2,11-12H2,(H,20,21)/t16-/m1/s1. The van der Waals surface area contributed by atoms with Gasteiger partial charge in [-0.05, 0) is 61.4 Å². The van der Waals surface area contributed by atoms with Gasteiger partial charge in [-0.15, -0.1) is 0 Å². The Morgan fingerprint density at radius 3 is 2.46 bits per heavy atom. The molecule has 6 nitrogen and oxygen atoms in total. The number of benzene rings is 2. The number of hydrogen-bond donors (Lipinski definition) is 1. The molecule has 1 saturated heterocycles. The SMILES string of the molecule is O=C(NS(=O)(=O)c1ccc(F)cc1)c1ccc(OC[C@H]2CCCO2)cc1. The molecule has 0 saturated carbocycles. The normalized spacial score (nSPS) is 17.0. The van der Waals surface area contributed by atoms with Gasteiger partial charge in [-0.3, -0.25) is 4.79 Å². The van der Waals surface area contributed by atoms with Crippen molar-refractivity contribution in [2.45, 2.75) is 23.8 Å². The van der Waals surface area contributed by atoms with Gasteiger partial charge in [0.1, 0.15) is 18.2 Å². The van der Waals surface area contributed by atoms with Crippen molar-refractivity contribution in [3.05, 3.63) is 59.9 Å². The topological polar surface area (TPSA) is 81.7 Å². The van der Waals surface area contributed by atoms with Crippen LogP contribution in [-0.4, -0.2) is 33.6 Å². The Labute approximate surface area is 151 Å². The lowest BCUT2D eigenvalue weighted by Crippen LogP contribution is -2.30. The van der Waals surface area contributed by atoms with Gasteiger partial charge in [0.2, 0.25) is 0 Å². The van der Waals surface area contributed by atoms with Gasteiger partial charge in [-0.1, -0.05) is 0 Å². The summed E-state index contributed by atoms with van der Waals surface area (Å²) in [4.78, 5) is 12.0. The summed E-state index contributed by atoms with van der Waals surface area (Å²) in [6.45, 7) is 1.18. The molecule has 0 unspecified atom stereocenters. The van der Waals surface area contributed by atoms with Crippen LogP contribution in [-0.2, 0) is 14.8 Å². The van der Waals surface area contributed by atoms with Gasteiger partial charge in [-0.2, -0.15) is 0 Å². The van der Waals surface area contributed by atoms with E-state index >= 15 is 0 Å². The molecule has 26 heavy (non-hydrogen) atoms. The first kappa shape index (κ1) is 18.3. The number of hydrogen-bond acceptors (Lipinski definition) is 5. The summed E-state index contributed by atoms with van der Waals surface area (Å²) in [5, 5.41) is 0. The molecule has 1 aliphatic rings. The largest absolute Gasteiger partial charge is 0.491 e. The van der Waals surface area contributed by atoms with Gasteiger partial charge >= 0.3 is 0 Å². The van der Waals surface area contributed by atoms with Crippen molar-refractivity contribution in [2.75, 3.05) is 13.2 Å². The van der Waals surface area contributed by atoms with Gasteiger partial charge < -0.3 is 9.47 Å². The van der Waals surface area contributed by atoms with Crippen LogP contribution in [0.15, 0.2) is 53.4 Å². The maximum absolute atomic E-state index is 12.9. The second kappa shape index (κ2) is 7.84. The zero-order valence-corrected chi connectivity index (χ0v) is 14.7. The van der Waals surface area contributed by atoms with Gasteiger partial charge in [0.25, 0.3) is 15.9 Å². The van der Waals surface area contributed by atoms with Crippen LogP contribution in [0.2, 0.25) is 0 Å². The van der Waals surface area contributed by atoms with E-state index in [-0.39, 0.29) is 16.6 Å². The highest BCUT2D eigenvalue weighted by atomic mass is 32.2. The minimum Gasteiger partial charge on any atom is -0.491 e. The summed E-state index contributed by atoms with van der Waals surface area (Å²) in [6, 6.07) is 10.3. The quantitative estimate of drug-likeness (QED) is 0.834. The number of amides is 1. The number of rotatable bonds is 6. The molecule has 3 rings (SSSR count). The smallest absolute Gasteiger partial charge is 0.265 e. The van der Waals surface area contributed by atoms with Gasteiger partial charge in [0, 0.05) is 12.2 Å². The molecule has 8 heteroatoms. The van der Waals surface area contributed by atoms with Crippen molar-refractivity contribution in [3.8, 4) is 5.75 Å². The Bertz CT molecular complexity index is 859. The Morgan fingerprint density at radius 1 is 1.15 bits per heavy atom. The summed E-state index contributed by atoms with van der Waals surface area (Å²) in [6.07, 6.45) is 2.07. The lowest BCUT2D eigenvalue weighted by Gasteiger charge is -2.12. The third-order valence-electron chi connectivity index (χ3n) is 3.93. The van der Waals surface area contributed by atoms with Crippen molar-refractivity contribution >= 4 is 15.9 Å². The van der Waals surface area contributed by atoms with E-state index < -0.39 is 21.7 Å². The van der Waals surface area contributed by atoms with E-state index in [0.717, 1.165) is 43.7 Å². The predicted octanol–water partition coefficient (Wildman–Crippen LogP) is 2.50. The average molecular weight is 379 g/mol. The van der Waals surface area contributed by atoms with E-state index in [1.54, 1.807) is 12.1 Å². The lowest BCUT2D eigenvalue weighted by atomic mass is 10.2. The van der Waals surface area contributed by atoms with Gasteiger partial charge in [0.05, 0.1) is 11.0 Å². The van der Waals surface area contributed by atoms with E-state index in [1.165, 1.54) is 12.1 Å². The summed E-state index contributed by atoms with van der Waals surface area (Å²) in [7, 11) is -4.07. The average Bonchev–Trinajstić information content (AvgIpc) is 3.14. The Balaban J connectivity index is 1.61. The summed E-state index contributed by atoms with van der Waals surface area (Å²) >= 11 is 0. The highest BCUT2D eigenvalue weighted by molar-refractivity contribution is 7.90. The summed E-state index contributed by atoms with van der Waals surface area (Å²) in [5.74, 6) is -0.771. The highest BCUT2D eigenvalue weighted by Crippen LogP contribution is 2.17. The van der Waals surface area contributed by atoms with E-state index in [9.17, 15) is 17.6 Å². The fraction of sp³-hybridized carbons (Fsp3) is 0.278. The number of carbonyl (C=O) groups is 1. The first-order chi connectivity index (χ1) is 12.4. The van der Waals surface area contributed by atoms with Crippen molar-refractivity contribution in [1.29, 1.82) is 0 Å². The second-order valence-electron chi connectivity index (χ2n) is 5.86. The first-order valence-corrected chi connectivity index (χ1v) is 9.59. The number of ether oxygens (including phenoxy) is 2. The maximum Gasteiger partial charge on any atom is 0.265 e. The summed E-state index contributed by atoms with van der Waals surface area (Å²) in [5.41, 5.74) is 0.167. The molecule has 1 atom stereocenters. The van der Waals surface area contributed by atoms with Gasteiger partial charge in [0.15, 0.2) is 0 Å². The fourth-order valence-corrected chi connectivity index (χ4v) is 3.50.